The van der Waals surface area contributed by atoms with Crippen molar-refractivity contribution in [1.82, 2.24) is 19.6 Å². The lowest BCUT2D eigenvalue weighted by Gasteiger charge is -1.99. The summed E-state index contributed by atoms with van der Waals surface area (Å²) >= 11 is 7.94. The monoisotopic (exact) mass is 412 g/mol. The van der Waals surface area contributed by atoms with Crippen molar-refractivity contribution in [2.75, 3.05) is 5.43 Å². The topological polar surface area (TPSA) is 67.5 Å². The van der Waals surface area contributed by atoms with E-state index in [2.05, 4.69) is 48.3 Å². The van der Waals surface area contributed by atoms with E-state index in [1.54, 1.807) is 18.3 Å². The Balaban J connectivity index is 1.87. The van der Waals surface area contributed by atoms with Gasteiger partial charge in [-0.1, -0.05) is 11.6 Å². The molecule has 0 atom stereocenters. The first-order chi connectivity index (χ1) is 10.1. The second-order valence-electron chi connectivity index (χ2n) is 4.27. The van der Waals surface area contributed by atoms with Crippen LogP contribution in [0.1, 0.15) is 11.4 Å². The van der Waals surface area contributed by atoms with Crippen LogP contribution in [-0.2, 0) is 0 Å². The molecule has 3 rings (SSSR count). The van der Waals surface area contributed by atoms with Gasteiger partial charge in [0.05, 0.1) is 17.6 Å². The van der Waals surface area contributed by atoms with Crippen molar-refractivity contribution in [3.05, 3.63) is 50.6 Å². The van der Waals surface area contributed by atoms with Crippen molar-refractivity contribution in [3.8, 4) is 0 Å². The standard InChI is InChI=1S/C13H10ClIN6/c1-8-10(21-7-9(15)2-5-13(21)17-8)6-16-19-12-4-3-11(14)18-20-12/h2-7H,1H3,(H,19,20). The summed E-state index contributed by atoms with van der Waals surface area (Å²) in [5, 5.41) is 12.1. The van der Waals surface area contributed by atoms with Gasteiger partial charge in [-0.25, -0.2) is 4.98 Å². The summed E-state index contributed by atoms with van der Waals surface area (Å²) in [6, 6.07) is 7.35. The van der Waals surface area contributed by atoms with Crippen molar-refractivity contribution in [2.45, 2.75) is 6.92 Å². The number of fused-ring (bicyclic) bond motifs is 1. The number of halogens is 2. The van der Waals surface area contributed by atoms with Gasteiger partial charge in [-0.05, 0) is 53.8 Å². The molecule has 0 fully saturated rings. The Labute approximate surface area is 139 Å². The van der Waals surface area contributed by atoms with Gasteiger partial charge in [0, 0.05) is 9.77 Å². The average Bonchev–Trinajstić information content (AvgIpc) is 2.77. The molecule has 8 heteroatoms. The zero-order chi connectivity index (χ0) is 14.8. The first-order valence-corrected chi connectivity index (χ1v) is 7.52. The quantitative estimate of drug-likeness (QED) is 0.408. The lowest BCUT2D eigenvalue weighted by Crippen LogP contribution is -1.98. The Morgan fingerprint density at radius 1 is 1.29 bits per heavy atom. The van der Waals surface area contributed by atoms with Gasteiger partial charge in [0.15, 0.2) is 11.0 Å². The number of rotatable bonds is 3. The number of hydrazone groups is 1. The maximum Gasteiger partial charge on any atom is 0.168 e. The Kier molecular flexibility index (Phi) is 4.02. The van der Waals surface area contributed by atoms with Gasteiger partial charge in [-0.3, -0.25) is 9.83 Å². The van der Waals surface area contributed by atoms with Crippen molar-refractivity contribution in [3.63, 3.8) is 0 Å². The summed E-state index contributed by atoms with van der Waals surface area (Å²) in [4.78, 5) is 4.49. The zero-order valence-electron chi connectivity index (χ0n) is 11.0. The molecule has 0 aliphatic heterocycles. The average molecular weight is 413 g/mol. The molecule has 0 unspecified atom stereocenters. The highest BCUT2D eigenvalue weighted by molar-refractivity contribution is 14.1. The first-order valence-electron chi connectivity index (χ1n) is 6.06. The highest BCUT2D eigenvalue weighted by Gasteiger charge is 2.06. The molecule has 106 valence electrons. The van der Waals surface area contributed by atoms with Gasteiger partial charge in [0.1, 0.15) is 5.65 Å². The summed E-state index contributed by atoms with van der Waals surface area (Å²) in [6.07, 6.45) is 3.72. The molecule has 0 spiro atoms. The molecule has 6 nitrogen and oxygen atoms in total. The van der Waals surface area contributed by atoms with Crippen LogP contribution in [0.25, 0.3) is 5.65 Å². The van der Waals surface area contributed by atoms with E-state index in [0.717, 1.165) is 20.6 Å². The Hall–Kier alpha value is -1.74. The van der Waals surface area contributed by atoms with Gasteiger partial charge in [-0.2, -0.15) is 5.10 Å². The van der Waals surface area contributed by atoms with Gasteiger partial charge in [-0.15, -0.1) is 10.2 Å². The zero-order valence-corrected chi connectivity index (χ0v) is 13.9. The molecule has 0 aromatic carbocycles. The van der Waals surface area contributed by atoms with E-state index in [-0.39, 0.29) is 0 Å². The second kappa shape index (κ2) is 5.94. The van der Waals surface area contributed by atoms with Crippen molar-refractivity contribution in [2.24, 2.45) is 5.10 Å². The van der Waals surface area contributed by atoms with E-state index >= 15 is 0 Å². The van der Waals surface area contributed by atoms with Crippen LogP contribution >= 0.6 is 34.2 Å². The summed E-state index contributed by atoms with van der Waals surface area (Å²) in [5.41, 5.74) is 5.52. The molecule has 3 heterocycles. The Morgan fingerprint density at radius 2 is 2.14 bits per heavy atom. The minimum atomic E-state index is 0.344. The van der Waals surface area contributed by atoms with Crippen LogP contribution in [0.5, 0.6) is 0 Å². The van der Waals surface area contributed by atoms with E-state index in [0.29, 0.717) is 11.0 Å². The minimum absolute atomic E-state index is 0.344. The van der Waals surface area contributed by atoms with Crippen LogP contribution in [0.3, 0.4) is 0 Å². The number of aromatic nitrogens is 4. The van der Waals surface area contributed by atoms with Crippen LogP contribution < -0.4 is 5.43 Å². The van der Waals surface area contributed by atoms with Crippen molar-refractivity contribution in [1.29, 1.82) is 0 Å². The van der Waals surface area contributed by atoms with E-state index in [9.17, 15) is 0 Å². The summed E-state index contributed by atoms with van der Waals surface area (Å²) in [6.45, 7) is 1.95. The number of pyridine rings is 1. The molecule has 0 bridgehead atoms. The molecule has 3 aromatic rings. The molecule has 0 aliphatic carbocycles. The van der Waals surface area contributed by atoms with Crippen molar-refractivity contribution < 1.29 is 0 Å². The smallest absolute Gasteiger partial charge is 0.168 e. The van der Waals surface area contributed by atoms with Crippen molar-refractivity contribution >= 4 is 51.9 Å². The normalized spacial score (nSPS) is 11.4. The Bertz CT molecular complexity index is 811. The molecule has 0 saturated heterocycles. The molecule has 0 radical (unpaired) electrons. The molecular weight excluding hydrogens is 403 g/mol. The van der Waals surface area contributed by atoms with Crippen LogP contribution in [0.15, 0.2) is 35.6 Å². The molecule has 0 amide bonds. The molecule has 21 heavy (non-hydrogen) atoms. The SMILES string of the molecule is Cc1nc2ccc(I)cn2c1C=NNc1ccc(Cl)nn1. The van der Waals surface area contributed by atoms with Crippen LogP contribution in [0.2, 0.25) is 5.15 Å². The molecule has 1 N–H and O–H groups in total. The maximum atomic E-state index is 5.68. The van der Waals surface area contributed by atoms with E-state index in [4.69, 9.17) is 11.6 Å². The third-order valence-electron chi connectivity index (χ3n) is 2.80. The van der Waals surface area contributed by atoms with E-state index in [1.165, 1.54) is 0 Å². The predicted molar refractivity (Wildman–Crippen MR) is 90.9 cm³/mol. The number of aryl methyl sites for hydroxylation is 1. The van der Waals surface area contributed by atoms with Crippen LogP contribution in [0.4, 0.5) is 5.82 Å². The summed E-state index contributed by atoms with van der Waals surface area (Å²) in [7, 11) is 0. The first kappa shape index (κ1) is 14.2. The fourth-order valence-corrected chi connectivity index (χ4v) is 2.40. The van der Waals surface area contributed by atoms with Gasteiger partial charge < -0.3 is 0 Å². The number of hydrogen-bond donors (Lipinski definition) is 1. The minimum Gasteiger partial charge on any atom is -0.297 e. The molecule has 0 aliphatic rings. The fraction of sp³-hybridized carbons (Fsp3) is 0.0769. The molecule has 0 saturated carbocycles. The number of imidazole rings is 1. The maximum absolute atomic E-state index is 5.68. The van der Waals surface area contributed by atoms with E-state index < -0.39 is 0 Å². The lowest BCUT2D eigenvalue weighted by molar-refractivity contribution is 1.02. The molecule has 3 aromatic heterocycles. The van der Waals surface area contributed by atoms with Gasteiger partial charge in [0.25, 0.3) is 0 Å². The highest BCUT2D eigenvalue weighted by Crippen LogP contribution is 2.13. The number of nitrogens with zero attached hydrogens (tertiary/aromatic N) is 5. The second-order valence-corrected chi connectivity index (χ2v) is 5.90. The number of anilines is 1. The number of nitrogens with one attached hydrogen (secondary N) is 1. The van der Waals surface area contributed by atoms with Crippen LogP contribution in [-0.4, -0.2) is 25.8 Å². The number of hydrogen-bond acceptors (Lipinski definition) is 5. The predicted octanol–water partition coefficient (Wildman–Crippen LogP) is 3.14. The fourth-order valence-electron chi connectivity index (χ4n) is 1.85. The van der Waals surface area contributed by atoms with Gasteiger partial charge >= 0.3 is 0 Å². The van der Waals surface area contributed by atoms with E-state index in [1.807, 2.05) is 29.7 Å². The third-order valence-corrected chi connectivity index (χ3v) is 3.64. The third kappa shape index (κ3) is 3.13. The summed E-state index contributed by atoms with van der Waals surface area (Å²) in [5.74, 6) is 0.525. The Morgan fingerprint density at radius 3 is 2.90 bits per heavy atom. The summed E-state index contributed by atoms with van der Waals surface area (Å²) < 4.78 is 3.12. The largest absolute Gasteiger partial charge is 0.297 e. The lowest BCUT2D eigenvalue weighted by atomic mass is 10.4. The van der Waals surface area contributed by atoms with Crippen LogP contribution in [0, 0.1) is 10.5 Å². The highest BCUT2D eigenvalue weighted by atomic mass is 127. The molecular formula is C13H10ClIN6. The van der Waals surface area contributed by atoms with Gasteiger partial charge in [0.2, 0.25) is 0 Å².